The van der Waals surface area contributed by atoms with E-state index in [0.29, 0.717) is 16.8 Å². The molecule has 1 fully saturated rings. The Morgan fingerprint density at radius 3 is 2.18 bits per heavy atom. The number of piperidine rings is 1. The summed E-state index contributed by atoms with van der Waals surface area (Å²) in [5.74, 6) is -1.55. The Labute approximate surface area is 198 Å². The molecule has 0 N–H and O–H groups in total. The molecule has 0 aliphatic carbocycles. The summed E-state index contributed by atoms with van der Waals surface area (Å²) >= 11 is 0. The van der Waals surface area contributed by atoms with Crippen molar-refractivity contribution in [2.45, 2.75) is 24.2 Å². The van der Waals surface area contributed by atoms with Crippen molar-refractivity contribution in [2.75, 3.05) is 45.2 Å². The molecule has 2 aromatic rings. The second kappa shape index (κ2) is 9.55. The Morgan fingerprint density at radius 2 is 1.59 bits per heavy atom. The number of imide groups is 1. The fourth-order valence-electron chi connectivity index (χ4n) is 4.21. The summed E-state index contributed by atoms with van der Waals surface area (Å²) in [6.45, 7) is 1.23. The highest BCUT2D eigenvalue weighted by atomic mass is 32.2. The van der Waals surface area contributed by atoms with E-state index in [9.17, 15) is 22.8 Å². The second-order valence-electron chi connectivity index (χ2n) is 8.46. The molecular weight excluding hydrogens is 458 g/mol. The third-order valence-electron chi connectivity index (χ3n) is 6.09. The SMILES string of the molecule is CN(C)S(=O)(=O)c1ccc(N2CCCCC2)c(C(=O)OCCN2C(=O)c3ccccc3C2=O)c1. The topological polar surface area (TPSA) is 104 Å². The summed E-state index contributed by atoms with van der Waals surface area (Å²) < 4.78 is 31.8. The van der Waals surface area contributed by atoms with E-state index in [-0.39, 0.29) is 23.6 Å². The van der Waals surface area contributed by atoms with Gasteiger partial charge in [0.15, 0.2) is 0 Å². The number of hydrogen-bond acceptors (Lipinski definition) is 7. The molecule has 1 saturated heterocycles. The first kappa shape index (κ1) is 23.9. The van der Waals surface area contributed by atoms with E-state index in [1.807, 2.05) is 0 Å². The van der Waals surface area contributed by atoms with Crippen LogP contribution in [0.2, 0.25) is 0 Å². The molecule has 2 amide bonds. The lowest BCUT2D eigenvalue weighted by molar-refractivity contribution is 0.0420. The third-order valence-corrected chi connectivity index (χ3v) is 7.90. The van der Waals surface area contributed by atoms with Gasteiger partial charge in [-0.05, 0) is 49.6 Å². The van der Waals surface area contributed by atoms with Gasteiger partial charge in [-0.1, -0.05) is 12.1 Å². The zero-order valence-electron chi connectivity index (χ0n) is 19.2. The molecule has 0 spiro atoms. The lowest BCUT2D eigenvalue weighted by Crippen LogP contribution is -2.34. The van der Waals surface area contributed by atoms with Gasteiger partial charge in [-0.25, -0.2) is 17.5 Å². The monoisotopic (exact) mass is 485 g/mol. The van der Waals surface area contributed by atoms with Crippen molar-refractivity contribution in [3.05, 3.63) is 59.2 Å². The number of anilines is 1. The summed E-state index contributed by atoms with van der Waals surface area (Å²) in [5.41, 5.74) is 1.41. The van der Waals surface area contributed by atoms with Gasteiger partial charge in [0.1, 0.15) is 6.61 Å². The van der Waals surface area contributed by atoms with E-state index in [4.69, 9.17) is 4.74 Å². The minimum absolute atomic E-state index is 0.00874. The molecule has 10 heteroatoms. The molecular formula is C24H27N3O6S. The molecule has 2 heterocycles. The number of esters is 1. The van der Waals surface area contributed by atoms with Crippen molar-refractivity contribution in [1.82, 2.24) is 9.21 Å². The van der Waals surface area contributed by atoms with Crippen LogP contribution >= 0.6 is 0 Å². The fourth-order valence-corrected chi connectivity index (χ4v) is 5.14. The van der Waals surface area contributed by atoms with E-state index in [2.05, 4.69) is 4.90 Å². The number of carbonyl (C=O) groups is 3. The molecule has 2 aliphatic rings. The van der Waals surface area contributed by atoms with Crippen LogP contribution in [-0.2, 0) is 14.8 Å². The molecule has 9 nitrogen and oxygen atoms in total. The van der Waals surface area contributed by atoms with E-state index in [1.165, 1.54) is 26.2 Å². The molecule has 2 aliphatic heterocycles. The largest absolute Gasteiger partial charge is 0.460 e. The normalized spacial score (nSPS) is 16.2. The van der Waals surface area contributed by atoms with E-state index >= 15 is 0 Å². The van der Waals surface area contributed by atoms with Gasteiger partial charge >= 0.3 is 5.97 Å². The molecule has 0 atom stereocenters. The number of benzene rings is 2. The van der Waals surface area contributed by atoms with E-state index < -0.39 is 27.8 Å². The molecule has 180 valence electrons. The van der Waals surface area contributed by atoms with Gasteiger partial charge in [0.05, 0.1) is 33.8 Å². The maximum atomic E-state index is 13.1. The maximum Gasteiger partial charge on any atom is 0.340 e. The fraction of sp³-hybridized carbons (Fsp3) is 0.375. The standard InChI is InChI=1S/C24H27N3O6S/c1-25(2)34(31,32)17-10-11-21(26-12-6-3-7-13-26)20(16-17)24(30)33-15-14-27-22(28)18-8-4-5-9-19(18)23(27)29/h4-5,8-11,16H,3,6-7,12-15H2,1-2H3. The van der Waals surface area contributed by atoms with Gasteiger partial charge in [0.2, 0.25) is 10.0 Å². The number of nitrogens with zero attached hydrogens (tertiary/aromatic N) is 3. The number of rotatable bonds is 7. The molecule has 0 bridgehead atoms. The first-order valence-corrected chi connectivity index (χ1v) is 12.6. The van der Waals surface area contributed by atoms with Crippen LogP contribution in [-0.4, -0.2) is 75.7 Å². The highest BCUT2D eigenvalue weighted by molar-refractivity contribution is 7.89. The van der Waals surface area contributed by atoms with Gasteiger partial charge < -0.3 is 9.64 Å². The third kappa shape index (κ3) is 4.43. The molecule has 34 heavy (non-hydrogen) atoms. The van der Waals surface area contributed by atoms with Gasteiger partial charge in [0, 0.05) is 27.2 Å². The highest BCUT2D eigenvalue weighted by Crippen LogP contribution is 2.29. The number of carbonyl (C=O) groups excluding carboxylic acids is 3. The lowest BCUT2D eigenvalue weighted by atomic mass is 10.1. The summed E-state index contributed by atoms with van der Waals surface area (Å²) in [6.07, 6.45) is 3.06. The lowest BCUT2D eigenvalue weighted by Gasteiger charge is -2.30. The smallest absolute Gasteiger partial charge is 0.340 e. The van der Waals surface area contributed by atoms with Crippen molar-refractivity contribution in [1.29, 1.82) is 0 Å². The van der Waals surface area contributed by atoms with Gasteiger partial charge in [0.25, 0.3) is 11.8 Å². The first-order valence-electron chi connectivity index (χ1n) is 11.2. The van der Waals surface area contributed by atoms with E-state index in [0.717, 1.165) is 41.6 Å². The van der Waals surface area contributed by atoms with Crippen LogP contribution in [0.25, 0.3) is 0 Å². The Kier molecular flexibility index (Phi) is 6.72. The quantitative estimate of drug-likeness (QED) is 0.438. The molecule has 0 saturated carbocycles. The Balaban J connectivity index is 1.53. The predicted molar refractivity (Wildman–Crippen MR) is 125 cm³/mol. The van der Waals surface area contributed by atoms with Crippen LogP contribution in [0.3, 0.4) is 0 Å². The predicted octanol–water partition coefficient (Wildman–Crippen LogP) is 2.38. The van der Waals surface area contributed by atoms with Gasteiger partial charge in [-0.3, -0.25) is 14.5 Å². The van der Waals surface area contributed by atoms with E-state index in [1.54, 1.807) is 30.3 Å². The Morgan fingerprint density at radius 1 is 0.971 bits per heavy atom. The number of fused-ring (bicyclic) bond motifs is 1. The van der Waals surface area contributed by atoms with Gasteiger partial charge in [-0.15, -0.1) is 0 Å². The second-order valence-corrected chi connectivity index (χ2v) is 10.6. The summed E-state index contributed by atoms with van der Waals surface area (Å²) in [6, 6.07) is 11.0. The Bertz CT molecular complexity index is 1200. The number of amides is 2. The zero-order valence-corrected chi connectivity index (χ0v) is 20.0. The average Bonchev–Trinajstić information content (AvgIpc) is 3.09. The van der Waals surface area contributed by atoms with Crippen molar-refractivity contribution < 1.29 is 27.5 Å². The van der Waals surface area contributed by atoms with Crippen LogP contribution in [0.15, 0.2) is 47.4 Å². The van der Waals surface area contributed by atoms with Gasteiger partial charge in [-0.2, -0.15) is 0 Å². The van der Waals surface area contributed by atoms with Crippen LogP contribution in [0, 0.1) is 0 Å². The summed E-state index contributed by atoms with van der Waals surface area (Å²) in [4.78, 5) is 41.2. The van der Waals surface area contributed by atoms with Crippen LogP contribution < -0.4 is 4.90 Å². The highest BCUT2D eigenvalue weighted by Gasteiger charge is 2.35. The molecule has 4 rings (SSSR count). The van der Waals surface area contributed by atoms with Crippen molar-refractivity contribution in [2.24, 2.45) is 0 Å². The first-order chi connectivity index (χ1) is 16.2. The van der Waals surface area contributed by atoms with Crippen LogP contribution in [0.5, 0.6) is 0 Å². The van der Waals surface area contributed by atoms with Crippen LogP contribution in [0.4, 0.5) is 5.69 Å². The summed E-state index contributed by atoms with van der Waals surface area (Å²) in [5, 5.41) is 0. The minimum Gasteiger partial charge on any atom is -0.460 e. The molecule has 2 aromatic carbocycles. The Hall–Kier alpha value is -3.24. The number of ether oxygens (including phenoxy) is 1. The van der Waals surface area contributed by atoms with Crippen LogP contribution in [0.1, 0.15) is 50.3 Å². The zero-order chi connectivity index (χ0) is 24.5. The van der Waals surface area contributed by atoms with Crippen molar-refractivity contribution >= 4 is 33.5 Å². The minimum atomic E-state index is -3.75. The number of sulfonamides is 1. The van der Waals surface area contributed by atoms with Crippen molar-refractivity contribution in [3.8, 4) is 0 Å². The average molecular weight is 486 g/mol. The maximum absolute atomic E-state index is 13.1. The summed E-state index contributed by atoms with van der Waals surface area (Å²) in [7, 11) is -0.901. The molecule has 0 unspecified atom stereocenters. The molecule has 0 aromatic heterocycles. The number of hydrogen-bond donors (Lipinski definition) is 0. The molecule has 0 radical (unpaired) electrons. The van der Waals surface area contributed by atoms with Crippen molar-refractivity contribution in [3.63, 3.8) is 0 Å².